The van der Waals surface area contributed by atoms with Crippen LogP contribution in [0.25, 0.3) is 10.9 Å². The number of carboxylic acids is 2. The van der Waals surface area contributed by atoms with Gasteiger partial charge < -0.3 is 121 Å². The van der Waals surface area contributed by atoms with Crippen LogP contribution in [0.4, 0.5) is 0 Å². The predicted molar refractivity (Wildman–Crippen MR) is 437 cm³/mol. The number of benzene rings is 4. The Morgan fingerprint density at radius 1 is 0.508 bits per heavy atom. The molecule has 43 nitrogen and oxygen atoms in total. The summed E-state index contributed by atoms with van der Waals surface area (Å²) < 4.78 is 0. The van der Waals surface area contributed by atoms with Crippen LogP contribution in [-0.2, 0) is 123 Å². The number of carboxylic acid groups (broad SMARTS) is 2. The Hall–Kier alpha value is -14.7. The van der Waals surface area contributed by atoms with Gasteiger partial charge in [0.1, 0.15) is 72.2 Å². The molecule has 0 radical (unpaired) electrons. The molecule has 3 heterocycles. The highest BCUT2D eigenvalue weighted by Crippen LogP contribution is 2.21. The van der Waals surface area contributed by atoms with Crippen molar-refractivity contribution in [3.8, 4) is 5.75 Å². The van der Waals surface area contributed by atoms with Crippen molar-refractivity contribution in [3.63, 3.8) is 0 Å². The van der Waals surface area contributed by atoms with E-state index in [9.17, 15) is 102 Å². The standard InChI is InChI=1S/C81H102N20O23/c1-5-42(3)69-79(121)89-39-66(109)92-55(28-47-33-84-51-20-14-13-19-50(47)51)72(114)87-37-65(108)94-57(30-61(82)104)76(118)97-58(31-62(105)85-35-63(106)91-53(77(119)100-69)26-45-17-11-8-12-18-45)78(120)101-70(43(4)6-2)80(122)98-52(25-44-15-9-7-10-16-44)71(113)86-36-64(107)93-56(29-48-34-83-41-90-48)75(117)96-54(27-46-21-23-49(103)24-22-46)74(116)99-60(40-102)73(115)88-38-67(110)95-59(81(123)124)32-68(111)112/h7-24,33-34,41-43,52-60,69-70,84,102-103H,5-6,25-32,35-40H2,1-4H3,(H2,82,104)(H,83,90)(H,85,105)(H,86,113)(H,87,114)(H,88,115)(H,89,121)(H,91,106)(H,92,109)(H,93,107)(H,94,108)(H,95,110)(H,96,117)(H,97,118)(H,98,122)(H,99,116)(H,100,119)(H,101,120)(H,111,112)(H,123,124)/t42-,43-,52-,53-,54-,55-,56-,57-,58-,59-,60-,69-,70-/m0/s1. The van der Waals surface area contributed by atoms with E-state index in [1.54, 1.807) is 112 Å². The molecule has 4 aromatic carbocycles. The number of amides is 17. The first kappa shape index (κ1) is 96.5. The number of aliphatic carboxylic acids is 2. The Morgan fingerprint density at radius 2 is 1.02 bits per heavy atom. The third kappa shape index (κ3) is 31.2. The van der Waals surface area contributed by atoms with Crippen molar-refractivity contribution in [1.29, 1.82) is 0 Å². The molecule has 1 aliphatic rings. The maximum atomic E-state index is 15.0. The van der Waals surface area contributed by atoms with Gasteiger partial charge in [-0.2, -0.15) is 0 Å². The number of hydrogen-bond donors (Lipinski definition) is 23. The number of imidazole rings is 1. The molecule has 1 saturated heterocycles. The van der Waals surface area contributed by atoms with Crippen LogP contribution in [0, 0.1) is 11.8 Å². The normalized spacial score (nSPS) is 18.4. The lowest BCUT2D eigenvalue weighted by Crippen LogP contribution is -2.61. The van der Waals surface area contributed by atoms with E-state index >= 15 is 4.79 Å². The molecule has 7 rings (SSSR count). The Bertz CT molecular complexity index is 4800. The largest absolute Gasteiger partial charge is 0.508 e. The van der Waals surface area contributed by atoms with Crippen molar-refractivity contribution >= 4 is 123 Å². The highest BCUT2D eigenvalue weighted by Gasteiger charge is 2.39. The van der Waals surface area contributed by atoms with Crippen molar-refractivity contribution in [3.05, 3.63) is 156 Å². The van der Waals surface area contributed by atoms with E-state index in [4.69, 9.17) is 10.8 Å². The lowest BCUT2D eigenvalue weighted by Gasteiger charge is -2.29. The summed E-state index contributed by atoms with van der Waals surface area (Å²) in [6, 6.07) is 10.0. The number of rotatable bonds is 36. The van der Waals surface area contributed by atoms with E-state index in [-0.39, 0.29) is 43.5 Å². The molecule has 2 aromatic heterocycles. The molecular weight excluding hydrogens is 1620 g/mol. The Labute approximate surface area is 708 Å². The molecule has 0 aliphatic carbocycles. The summed E-state index contributed by atoms with van der Waals surface area (Å²) in [5, 5.41) is 77.7. The van der Waals surface area contributed by atoms with E-state index in [1.165, 1.54) is 43.7 Å². The van der Waals surface area contributed by atoms with E-state index < -0.39 is 256 Å². The van der Waals surface area contributed by atoms with E-state index in [0.717, 1.165) is 0 Å². The van der Waals surface area contributed by atoms with Gasteiger partial charge >= 0.3 is 11.9 Å². The molecule has 664 valence electrons. The maximum absolute atomic E-state index is 15.0. The second-order valence-corrected chi connectivity index (χ2v) is 29.3. The number of nitrogens with two attached hydrogens (primary N) is 1. The van der Waals surface area contributed by atoms with Gasteiger partial charge in [0, 0.05) is 55.4 Å². The van der Waals surface area contributed by atoms with E-state index in [2.05, 4.69) is 94.7 Å². The number of para-hydroxylation sites is 1. The molecule has 124 heavy (non-hydrogen) atoms. The number of hydrogen-bond acceptors (Lipinski definition) is 22. The number of aliphatic hydroxyl groups excluding tert-OH is 1. The zero-order chi connectivity index (χ0) is 90.7. The van der Waals surface area contributed by atoms with Crippen LogP contribution in [0.2, 0.25) is 0 Å². The van der Waals surface area contributed by atoms with Gasteiger partial charge in [0.15, 0.2) is 0 Å². The number of fused-ring (bicyclic) bond motifs is 1. The maximum Gasteiger partial charge on any atom is 0.326 e. The molecule has 17 amide bonds. The highest BCUT2D eigenvalue weighted by molar-refractivity contribution is 6.02. The van der Waals surface area contributed by atoms with Crippen LogP contribution in [0.1, 0.15) is 87.7 Å². The molecule has 1 fully saturated rings. The second kappa shape index (κ2) is 47.9. The molecule has 1 aliphatic heterocycles. The number of carbonyl (C=O) groups excluding carboxylic acids is 17. The van der Waals surface area contributed by atoms with Gasteiger partial charge in [-0.3, -0.25) is 86.3 Å². The van der Waals surface area contributed by atoms with Gasteiger partial charge in [0.05, 0.1) is 70.6 Å². The summed E-state index contributed by atoms with van der Waals surface area (Å²) in [5.74, 6) is -23.3. The minimum absolute atomic E-state index is 0.102. The fraction of sp³-hybridized carbons (Fsp3) is 0.407. The Morgan fingerprint density at radius 3 is 1.60 bits per heavy atom. The average Bonchev–Trinajstić information content (AvgIpc) is 1.56. The van der Waals surface area contributed by atoms with Crippen molar-refractivity contribution in [1.82, 2.24) is 100 Å². The van der Waals surface area contributed by atoms with Crippen molar-refractivity contribution in [2.45, 2.75) is 158 Å². The van der Waals surface area contributed by atoms with Gasteiger partial charge in [-0.05, 0) is 52.3 Å². The zero-order valence-electron chi connectivity index (χ0n) is 68.0. The van der Waals surface area contributed by atoms with Crippen LogP contribution in [0.5, 0.6) is 5.75 Å². The van der Waals surface area contributed by atoms with Crippen molar-refractivity contribution in [2.75, 3.05) is 39.3 Å². The van der Waals surface area contributed by atoms with Crippen LogP contribution in [0.3, 0.4) is 0 Å². The summed E-state index contributed by atoms with van der Waals surface area (Å²) in [6.45, 7) is 0.959. The van der Waals surface area contributed by atoms with Crippen molar-refractivity contribution in [2.24, 2.45) is 17.6 Å². The number of H-pyrrole nitrogens is 2. The van der Waals surface area contributed by atoms with E-state index in [1.807, 2.05) is 5.32 Å². The van der Waals surface area contributed by atoms with Gasteiger partial charge in [-0.15, -0.1) is 0 Å². The Kier molecular flexibility index (Phi) is 37.3. The molecule has 0 spiro atoms. The molecule has 13 atom stereocenters. The number of phenolic OH excluding ortho intramolecular Hbond substituents is 1. The van der Waals surface area contributed by atoms with Gasteiger partial charge in [-0.1, -0.05) is 132 Å². The van der Waals surface area contributed by atoms with Crippen LogP contribution in [0.15, 0.2) is 128 Å². The number of primary amides is 1. The van der Waals surface area contributed by atoms with Crippen molar-refractivity contribution < 1.29 is 112 Å². The first-order valence-corrected chi connectivity index (χ1v) is 39.5. The minimum Gasteiger partial charge on any atom is -0.508 e. The first-order valence-electron chi connectivity index (χ1n) is 39.5. The van der Waals surface area contributed by atoms with Gasteiger partial charge in [0.2, 0.25) is 100 Å². The monoisotopic (exact) mass is 1720 g/mol. The summed E-state index contributed by atoms with van der Waals surface area (Å²) >= 11 is 0. The third-order valence-corrected chi connectivity index (χ3v) is 19.9. The highest BCUT2D eigenvalue weighted by atomic mass is 16.4. The Balaban J connectivity index is 1.13. The summed E-state index contributed by atoms with van der Waals surface area (Å²) in [7, 11) is 0. The van der Waals surface area contributed by atoms with Crippen LogP contribution in [-0.4, -0.2) is 254 Å². The number of aliphatic hydroxyl groups is 1. The lowest BCUT2D eigenvalue weighted by molar-refractivity contribution is -0.147. The molecule has 0 bridgehead atoms. The van der Waals surface area contributed by atoms with Crippen LogP contribution < -0.4 is 90.8 Å². The molecule has 43 heteroatoms. The number of carbonyl (C=O) groups is 19. The third-order valence-electron chi connectivity index (χ3n) is 19.9. The van der Waals surface area contributed by atoms with Gasteiger partial charge in [0.25, 0.3) is 0 Å². The first-order chi connectivity index (χ1) is 59.1. The minimum atomic E-state index is -2.10. The molecule has 24 N–H and O–H groups in total. The summed E-state index contributed by atoms with van der Waals surface area (Å²) in [5.41, 5.74) is 8.25. The number of aromatic nitrogens is 3. The van der Waals surface area contributed by atoms with Crippen LogP contribution >= 0.6 is 0 Å². The molecule has 0 saturated carbocycles. The number of aromatic hydroxyl groups is 1. The number of nitrogens with zero attached hydrogens (tertiary/aromatic N) is 1. The molecule has 6 aromatic rings. The summed E-state index contributed by atoms with van der Waals surface area (Å²) in [4.78, 5) is 272. The van der Waals surface area contributed by atoms with E-state index in [0.29, 0.717) is 39.6 Å². The molecular formula is C81H102N20O23. The fourth-order valence-electron chi connectivity index (χ4n) is 12.7. The average molecular weight is 1720 g/mol. The zero-order valence-corrected chi connectivity index (χ0v) is 68.0. The topological polar surface area (TPSA) is 668 Å². The fourth-order valence-corrected chi connectivity index (χ4v) is 12.7. The van der Waals surface area contributed by atoms with Gasteiger partial charge in [-0.25, -0.2) is 9.78 Å². The number of aromatic amines is 2. The smallest absolute Gasteiger partial charge is 0.326 e. The summed E-state index contributed by atoms with van der Waals surface area (Å²) in [6.07, 6.45) is 0.110. The lowest BCUT2D eigenvalue weighted by atomic mass is 9.96. The second-order valence-electron chi connectivity index (χ2n) is 29.3. The molecule has 0 unspecified atom stereocenters. The number of nitrogens with one attached hydrogen (secondary N) is 18. The quantitative estimate of drug-likeness (QED) is 0.0174. The SMILES string of the molecule is CC[C@H](C)[C@@H]1NC(=O)[C@H](Cc2ccccc2)NC(=O)CNC(=O)C[C@@H](C(=O)N[C@H](C(=O)N[C@@H](Cc2ccccc2)C(=O)NCC(=O)N[C@@H](Cc2c[nH]cn2)C(=O)N[C@@H](Cc2ccc(O)cc2)C(=O)N[C@@H](CO)C(=O)NCC(=O)N[C@@H](CC(=O)O)C(=O)O)[C@@H](C)CC)NC(=O)[C@H](CC(N)=O)NC(=O)CNC(=O)[C@H](Cc2c[nH]c3ccccc23)NC(=O)CNC1=O. The number of phenols is 1. The predicted octanol–water partition coefficient (Wildman–Crippen LogP) is -6.05.